The fraction of sp³-hybridized carbons (Fsp3) is 0.148. The van der Waals surface area contributed by atoms with Gasteiger partial charge in [-0.3, -0.25) is 19.8 Å². The highest BCUT2D eigenvalue weighted by atomic mass is 16.5. The molecule has 0 fully saturated rings. The number of nitrogens with two attached hydrogens (primary N) is 1. The average Bonchev–Trinajstić information content (AvgIpc) is 2.89. The smallest absolute Gasteiger partial charge is 0.326 e. The number of hydrogen-bond donors (Lipinski definition) is 6. The van der Waals surface area contributed by atoms with Crippen LogP contribution in [0.1, 0.15) is 28.4 Å². The maximum atomic E-state index is 13.1. The highest BCUT2D eigenvalue weighted by molar-refractivity contribution is 6.16. The van der Waals surface area contributed by atoms with Gasteiger partial charge < -0.3 is 31.5 Å². The van der Waals surface area contributed by atoms with Gasteiger partial charge in [0.25, 0.3) is 23.3 Å². The number of carboxylic acid groups (broad SMARTS) is 1. The van der Waals surface area contributed by atoms with Gasteiger partial charge in [0.1, 0.15) is 17.6 Å². The van der Waals surface area contributed by atoms with Gasteiger partial charge in [-0.15, -0.1) is 0 Å². The molecule has 38 heavy (non-hydrogen) atoms. The number of aliphatic carboxylic acids is 1. The molecule has 2 unspecified atom stereocenters. The van der Waals surface area contributed by atoms with E-state index in [9.17, 15) is 24.3 Å². The third-order valence-electron chi connectivity index (χ3n) is 6.01. The van der Waals surface area contributed by atoms with Crippen molar-refractivity contribution in [2.24, 2.45) is 5.73 Å². The number of nitrogen functional groups attached to an aromatic ring is 1. The van der Waals surface area contributed by atoms with Crippen LogP contribution in [-0.2, 0) is 20.8 Å². The van der Waals surface area contributed by atoms with E-state index in [0.29, 0.717) is 22.4 Å². The lowest BCUT2D eigenvalue weighted by atomic mass is 9.99. The molecular weight excluding hydrogens is 490 g/mol. The summed E-state index contributed by atoms with van der Waals surface area (Å²) in [7, 11) is 0. The molecule has 0 aliphatic carbocycles. The van der Waals surface area contributed by atoms with Gasteiger partial charge in [0.2, 0.25) is 0 Å². The first-order chi connectivity index (χ1) is 18.1. The number of amidine groups is 1. The number of fused-ring (bicyclic) bond motifs is 1. The number of ether oxygens (including phenoxy) is 1. The second-order valence-electron chi connectivity index (χ2n) is 8.80. The molecule has 0 aromatic heterocycles. The van der Waals surface area contributed by atoms with Crippen LogP contribution in [0.3, 0.4) is 0 Å². The largest absolute Gasteiger partial charge is 0.480 e. The van der Waals surface area contributed by atoms with Crippen molar-refractivity contribution in [2.75, 3.05) is 10.6 Å². The molecule has 1 aliphatic heterocycles. The summed E-state index contributed by atoms with van der Waals surface area (Å²) in [5, 5.41) is 24.8. The molecule has 3 aromatic carbocycles. The van der Waals surface area contributed by atoms with Gasteiger partial charge in [-0.2, -0.15) is 0 Å². The van der Waals surface area contributed by atoms with E-state index in [1.54, 1.807) is 48.5 Å². The highest BCUT2D eigenvalue weighted by Gasteiger charge is 2.48. The number of amides is 3. The van der Waals surface area contributed by atoms with E-state index in [-0.39, 0.29) is 23.7 Å². The molecule has 11 nitrogen and oxygen atoms in total. The Labute approximate surface area is 217 Å². The molecular formula is C27H25N5O6. The first kappa shape index (κ1) is 25.9. The third kappa shape index (κ3) is 5.46. The topological polar surface area (TPSA) is 184 Å². The Kier molecular flexibility index (Phi) is 7.10. The number of anilines is 2. The minimum Gasteiger partial charge on any atom is -0.480 e. The van der Waals surface area contributed by atoms with Gasteiger partial charge in [0.05, 0.1) is 5.69 Å². The SMILES string of the molecule is CC1(C(=O)NC(Cc2ccccc2)C(=O)O)Oc2cc(NC(=O)c3ccc(C(=N)N)cc3)ccc2NC1=O. The number of carbonyl (C=O) groups is 4. The quantitative estimate of drug-likeness (QED) is 0.151. The summed E-state index contributed by atoms with van der Waals surface area (Å²) in [6.07, 6.45) is 0.0137. The summed E-state index contributed by atoms with van der Waals surface area (Å²) < 4.78 is 5.79. The van der Waals surface area contributed by atoms with Crippen molar-refractivity contribution in [3.05, 3.63) is 89.5 Å². The number of rotatable bonds is 8. The zero-order valence-corrected chi connectivity index (χ0v) is 20.3. The second-order valence-corrected chi connectivity index (χ2v) is 8.80. The Morgan fingerprint density at radius 2 is 1.71 bits per heavy atom. The first-order valence-electron chi connectivity index (χ1n) is 11.5. The monoisotopic (exact) mass is 515 g/mol. The molecule has 3 aromatic rings. The van der Waals surface area contributed by atoms with Gasteiger partial charge in [-0.05, 0) is 36.8 Å². The zero-order valence-electron chi connectivity index (χ0n) is 20.3. The first-order valence-corrected chi connectivity index (χ1v) is 11.5. The van der Waals surface area contributed by atoms with E-state index in [4.69, 9.17) is 15.9 Å². The van der Waals surface area contributed by atoms with E-state index >= 15 is 0 Å². The Hall–Kier alpha value is -5.19. The predicted octanol–water partition coefficient (Wildman–Crippen LogP) is 2.12. The second kappa shape index (κ2) is 10.4. The van der Waals surface area contributed by atoms with Crippen molar-refractivity contribution in [2.45, 2.75) is 25.0 Å². The number of nitrogens with one attached hydrogen (secondary N) is 4. The summed E-state index contributed by atoms with van der Waals surface area (Å²) in [5.41, 5.74) is 5.48. The van der Waals surface area contributed by atoms with E-state index in [2.05, 4.69) is 16.0 Å². The van der Waals surface area contributed by atoms with Crippen molar-refractivity contribution in [1.82, 2.24) is 5.32 Å². The Balaban J connectivity index is 1.50. The van der Waals surface area contributed by atoms with Crippen LogP contribution in [0.25, 0.3) is 0 Å². The van der Waals surface area contributed by atoms with Gasteiger partial charge in [0, 0.05) is 29.3 Å². The Morgan fingerprint density at radius 3 is 2.34 bits per heavy atom. The van der Waals surface area contributed by atoms with Gasteiger partial charge in [0.15, 0.2) is 0 Å². The van der Waals surface area contributed by atoms with E-state index in [1.807, 2.05) is 0 Å². The van der Waals surface area contributed by atoms with Crippen LogP contribution in [0.15, 0.2) is 72.8 Å². The van der Waals surface area contributed by atoms with Crippen molar-refractivity contribution < 1.29 is 29.0 Å². The van der Waals surface area contributed by atoms with Crippen molar-refractivity contribution in [3.8, 4) is 5.75 Å². The summed E-state index contributed by atoms with van der Waals surface area (Å²) in [5.74, 6) is -3.40. The standard InChI is InChI=1S/C27H25N5O6/c1-27(26(37)32-20(24(34)35)13-15-5-3-2-4-6-15)25(36)31-19-12-11-18(14-21(19)38-27)30-23(33)17-9-7-16(8-10-17)22(28)29/h2-12,14,20H,13H2,1H3,(H3,28,29)(H,30,33)(H,31,36)(H,32,37)(H,34,35). The molecule has 3 amide bonds. The average molecular weight is 516 g/mol. The highest BCUT2D eigenvalue weighted by Crippen LogP contribution is 2.36. The fourth-order valence-electron chi connectivity index (χ4n) is 3.80. The molecule has 0 spiro atoms. The molecule has 0 saturated heterocycles. The van der Waals surface area contributed by atoms with Gasteiger partial charge >= 0.3 is 5.97 Å². The molecule has 1 heterocycles. The Morgan fingerprint density at radius 1 is 1.05 bits per heavy atom. The van der Waals surface area contributed by atoms with E-state index in [1.165, 1.54) is 31.2 Å². The molecule has 194 valence electrons. The predicted molar refractivity (Wildman–Crippen MR) is 139 cm³/mol. The minimum atomic E-state index is -2.07. The van der Waals surface area contributed by atoms with Gasteiger partial charge in [-0.25, -0.2) is 4.79 Å². The normalized spacial score (nSPS) is 16.7. The number of benzene rings is 3. The van der Waals surface area contributed by atoms with Crippen LogP contribution in [0, 0.1) is 5.41 Å². The number of hydrogen-bond acceptors (Lipinski definition) is 6. The fourth-order valence-corrected chi connectivity index (χ4v) is 3.80. The van der Waals surface area contributed by atoms with Crippen LogP contribution in [0.4, 0.5) is 11.4 Å². The molecule has 2 atom stereocenters. The maximum Gasteiger partial charge on any atom is 0.326 e. The van der Waals surface area contributed by atoms with Crippen LogP contribution >= 0.6 is 0 Å². The van der Waals surface area contributed by atoms with E-state index in [0.717, 1.165) is 0 Å². The lowest BCUT2D eigenvalue weighted by Crippen LogP contribution is -2.61. The molecule has 0 saturated carbocycles. The molecule has 7 N–H and O–H groups in total. The van der Waals surface area contributed by atoms with Gasteiger partial charge in [-0.1, -0.05) is 42.5 Å². The van der Waals surface area contributed by atoms with Crippen molar-refractivity contribution in [3.63, 3.8) is 0 Å². The molecule has 0 bridgehead atoms. The summed E-state index contributed by atoms with van der Waals surface area (Å²) >= 11 is 0. The zero-order chi connectivity index (χ0) is 27.4. The summed E-state index contributed by atoms with van der Waals surface area (Å²) in [4.78, 5) is 50.4. The van der Waals surface area contributed by atoms with E-state index < -0.39 is 35.3 Å². The van der Waals surface area contributed by atoms with Crippen LogP contribution in [-0.4, -0.2) is 46.3 Å². The maximum absolute atomic E-state index is 13.1. The van der Waals surface area contributed by atoms with Crippen LogP contribution in [0.5, 0.6) is 5.75 Å². The van der Waals surface area contributed by atoms with Crippen LogP contribution in [0.2, 0.25) is 0 Å². The lowest BCUT2D eigenvalue weighted by Gasteiger charge is -2.34. The summed E-state index contributed by atoms with van der Waals surface area (Å²) in [6, 6.07) is 18.1. The van der Waals surface area contributed by atoms with Crippen molar-refractivity contribution >= 4 is 40.9 Å². The molecule has 4 rings (SSSR count). The third-order valence-corrected chi connectivity index (χ3v) is 6.01. The lowest BCUT2D eigenvalue weighted by molar-refractivity contribution is -0.150. The van der Waals surface area contributed by atoms with Crippen LogP contribution < -0.4 is 26.4 Å². The van der Waals surface area contributed by atoms with Crippen molar-refractivity contribution in [1.29, 1.82) is 5.41 Å². The molecule has 0 radical (unpaired) electrons. The molecule has 11 heteroatoms. The molecule has 1 aliphatic rings. The summed E-state index contributed by atoms with van der Waals surface area (Å²) in [6.45, 7) is 1.24. The Bertz CT molecular complexity index is 1420. The minimum absolute atomic E-state index is 0.0137. The number of carboxylic acids is 1. The number of carbonyl (C=O) groups excluding carboxylic acids is 3.